The number of carboxylic acids is 1. The van der Waals surface area contributed by atoms with Crippen LogP contribution in [0.1, 0.15) is 13.8 Å². The summed E-state index contributed by atoms with van der Waals surface area (Å²) in [6.07, 6.45) is -26.9. The molecule has 25 nitrogen and oxygen atoms in total. The second kappa shape index (κ2) is 17.6. The molecule has 2 aliphatic heterocycles. The Morgan fingerprint density at radius 2 is 1.45 bits per heavy atom. The number of hydrogen-bond acceptors (Lipinski definition) is 20. The molecule has 2 aliphatic rings. The topological polar surface area (TPSA) is 398 Å². The molecule has 0 unspecified atom stereocenters. The molecule has 11 N–H and O–H groups in total. The van der Waals surface area contributed by atoms with Crippen molar-refractivity contribution in [2.45, 2.75) is 99.6 Å². The molecule has 0 radical (unpaired) electrons. The lowest BCUT2D eigenvalue weighted by atomic mass is 9.95. The SMILES string of the molecule is CC(=O)N[C@H]1[C@H](O[C@H]2[C@H](O)[C@@H](O)[C@H](O[C@@H]([C@@H](O)[C@H](O)COS(=O)(=O)O)[C@H](C=O)NC(C)=O)O[C@@H]2C(=O)O)O[C@H](COS(=O)(=O)O)[C@H](O)[C@@H]1O. The van der Waals surface area contributed by atoms with Gasteiger partial charge in [-0.25, -0.2) is 13.2 Å². The number of nitrogens with one attached hydrogen (secondary N) is 2. The molecule has 0 saturated carbocycles. The highest BCUT2D eigenvalue weighted by Crippen LogP contribution is 2.31. The highest BCUT2D eigenvalue weighted by atomic mass is 32.3. The van der Waals surface area contributed by atoms with Crippen molar-refractivity contribution in [2.75, 3.05) is 13.2 Å². The number of aliphatic hydroxyl groups is 6. The molecule has 2 rings (SSSR count). The van der Waals surface area contributed by atoms with Crippen LogP contribution >= 0.6 is 0 Å². The summed E-state index contributed by atoms with van der Waals surface area (Å²) < 4.78 is 90.8. The largest absolute Gasteiger partial charge is 0.479 e. The van der Waals surface area contributed by atoms with Crippen LogP contribution in [-0.2, 0) is 67.3 Å². The maximum atomic E-state index is 12.2. The zero-order valence-electron chi connectivity index (χ0n) is 25.1. The van der Waals surface area contributed by atoms with Crippen molar-refractivity contribution in [3.05, 3.63) is 0 Å². The van der Waals surface area contributed by atoms with E-state index in [-0.39, 0.29) is 6.29 Å². The van der Waals surface area contributed by atoms with E-state index in [9.17, 15) is 71.8 Å². The lowest BCUT2D eigenvalue weighted by Crippen LogP contribution is -2.68. The zero-order chi connectivity index (χ0) is 37.6. The van der Waals surface area contributed by atoms with Gasteiger partial charge in [0.1, 0.15) is 73.3 Å². The summed E-state index contributed by atoms with van der Waals surface area (Å²) in [4.78, 5) is 47.5. The van der Waals surface area contributed by atoms with E-state index in [2.05, 4.69) is 13.7 Å². The number of rotatable bonds is 17. The molecule has 2 heterocycles. The Balaban J connectivity index is 2.42. The monoisotopic (exact) mass is 760 g/mol. The maximum Gasteiger partial charge on any atom is 0.397 e. The number of hydrogen-bond donors (Lipinski definition) is 11. The number of amides is 2. The van der Waals surface area contributed by atoms with Crippen LogP contribution in [-0.4, -0.2) is 185 Å². The van der Waals surface area contributed by atoms with Gasteiger partial charge in [-0.2, -0.15) is 16.8 Å². The van der Waals surface area contributed by atoms with E-state index in [1.807, 2.05) is 5.32 Å². The number of aliphatic carboxylic acids is 1. The summed E-state index contributed by atoms with van der Waals surface area (Å²) in [5.41, 5.74) is 0. The van der Waals surface area contributed by atoms with Crippen molar-refractivity contribution in [3.8, 4) is 0 Å². The van der Waals surface area contributed by atoms with Crippen molar-refractivity contribution >= 4 is 44.9 Å². The predicted molar refractivity (Wildman–Crippen MR) is 147 cm³/mol. The molecule has 49 heavy (non-hydrogen) atoms. The van der Waals surface area contributed by atoms with E-state index < -0.39 is 137 Å². The fourth-order valence-electron chi connectivity index (χ4n) is 4.62. The molecule has 2 fully saturated rings. The Kier molecular flexibility index (Phi) is 15.3. The number of aldehydes is 1. The van der Waals surface area contributed by atoms with Gasteiger partial charge in [-0.15, -0.1) is 0 Å². The van der Waals surface area contributed by atoms with Crippen LogP contribution in [0.15, 0.2) is 0 Å². The molecular formula is C22H36N2O23S2. The third-order valence-electron chi connectivity index (χ3n) is 6.81. The molecule has 0 aliphatic carbocycles. The summed E-state index contributed by atoms with van der Waals surface area (Å²) >= 11 is 0. The molecule has 0 aromatic rings. The molecule has 0 spiro atoms. The summed E-state index contributed by atoms with van der Waals surface area (Å²) in [6, 6.07) is -3.72. The molecule has 0 aromatic carbocycles. The molecule has 2 saturated heterocycles. The van der Waals surface area contributed by atoms with Crippen molar-refractivity contribution in [1.82, 2.24) is 10.6 Å². The average molecular weight is 761 g/mol. The maximum absolute atomic E-state index is 12.2. The lowest BCUT2D eigenvalue weighted by Gasteiger charge is -2.47. The quantitative estimate of drug-likeness (QED) is 0.0484. The zero-order valence-corrected chi connectivity index (χ0v) is 26.8. The van der Waals surface area contributed by atoms with Gasteiger partial charge in [-0.1, -0.05) is 0 Å². The van der Waals surface area contributed by atoms with Gasteiger partial charge in [-0.05, 0) is 0 Å². The van der Waals surface area contributed by atoms with Crippen LogP contribution in [0.4, 0.5) is 0 Å². The minimum Gasteiger partial charge on any atom is -0.479 e. The van der Waals surface area contributed by atoms with Gasteiger partial charge in [-0.3, -0.25) is 18.7 Å². The van der Waals surface area contributed by atoms with Gasteiger partial charge in [0, 0.05) is 13.8 Å². The molecule has 0 bridgehead atoms. The van der Waals surface area contributed by atoms with E-state index >= 15 is 0 Å². The molecule has 0 aromatic heterocycles. The Bertz CT molecular complexity index is 1380. The third kappa shape index (κ3) is 12.3. The van der Waals surface area contributed by atoms with Crippen molar-refractivity contribution in [2.24, 2.45) is 0 Å². The van der Waals surface area contributed by atoms with Crippen molar-refractivity contribution in [1.29, 1.82) is 0 Å². The first kappa shape index (κ1) is 42.6. The Labute approximate surface area is 276 Å². The summed E-state index contributed by atoms with van der Waals surface area (Å²) in [7, 11) is -10.3. The number of carbonyl (C=O) groups excluding carboxylic acids is 3. The van der Waals surface area contributed by atoms with Crippen molar-refractivity contribution < 1.29 is 108 Å². The number of ether oxygens (including phenoxy) is 4. The predicted octanol–water partition coefficient (Wildman–Crippen LogP) is -7.70. The summed E-state index contributed by atoms with van der Waals surface area (Å²) in [5, 5.41) is 77.6. The van der Waals surface area contributed by atoms with E-state index in [1.165, 1.54) is 0 Å². The van der Waals surface area contributed by atoms with Crippen LogP contribution in [0.3, 0.4) is 0 Å². The van der Waals surface area contributed by atoms with Gasteiger partial charge in [0.2, 0.25) is 11.8 Å². The van der Waals surface area contributed by atoms with Gasteiger partial charge in [0.25, 0.3) is 0 Å². The standard InChI is InChI=1S/C22H36N2O23S2/c1-6(26)23-8(3-25)17(12(29)9(28)4-42-48(36,37)38)45-22-16(33)15(32)18(19(47-22)20(34)35)46-21-11(24-7(2)27)14(31)13(30)10(44-21)5-43-49(39,40)41/h3,8-19,21-22,28-33H,4-5H2,1-2H3,(H,23,26)(H,24,27)(H,34,35)(H,36,37,38)(H,39,40,41)/t8-,9+,10+,11+,12-,13-,14+,15+,16+,17+,18-,19-,21-,22+/m0/s1. The normalized spacial score (nSPS) is 33.4. The van der Waals surface area contributed by atoms with Crippen molar-refractivity contribution in [3.63, 3.8) is 0 Å². The van der Waals surface area contributed by atoms with Crippen LogP contribution in [0, 0.1) is 0 Å². The highest BCUT2D eigenvalue weighted by molar-refractivity contribution is 7.81. The van der Waals surface area contributed by atoms with Gasteiger partial charge in [0.05, 0.1) is 13.2 Å². The summed E-state index contributed by atoms with van der Waals surface area (Å²) in [6.45, 7) is -0.681. The first-order chi connectivity index (χ1) is 22.5. The molecule has 27 heteroatoms. The van der Waals surface area contributed by atoms with E-state index in [0.717, 1.165) is 13.8 Å². The summed E-state index contributed by atoms with van der Waals surface area (Å²) in [5.74, 6) is -3.77. The number of carboxylic acid groups (broad SMARTS) is 1. The smallest absolute Gasteiger partial charge is 0.397 e. The highest BCUT2D eigenvalue weighted by Gasteiger charge is 2.54. The van der Waals surface area contributed by atoms with E-state index in [1.54, 1.807) is 0 Å². The van der Waals surface area contributed by atoms with Gasteiger partial charge >= 0.3 is 26.8 Å². The molecule has 2 amide bonds. The second-order valence-corrected chi connectivity index (χ2v) is 12.7. The minimum atomic E-state index is -5.17. The number of carbonyl (C=O) groups is 4. The molecule has 284 valence electrons. The average Bonchev–Trinajstić information content (AvgIpc) is 2.98. The Morgan fingerprint density at radius 1 is 0.857 bits per heavy atom. The number of aliphatic hydroxyl groups excluding tert-OH is 6. The lowest BCUT2D eigenvalue weighted by molar-refractivity contribution is -0.349. The van der Waals surface area contributed by atoms with Crippen LogP contribution < -0.4 is 10.6 Å². The van der Waals surface area contributed by atoms with Gasteiger partial charge in [0.15, 0.2) is 18.7 Å². The Morgan fingerprint density at radius 3 is 1.94 bits per heavy atom. The third-order valence-corrected chi connectivity index (χ3v) is 7.68. The van der Waals surface area contributed by atoms with E-state index in [0.29, 0.717) is 0 Å². The van der Waals surface area contributed by atoms with Crippen LogP contribution in [0.2, 0.25) is 0 Å². The minimum absolute atomic E-state index is 0.0532. The van der Waals surface area contributed by atoms with Crippen LogP contribution in [0.5, 0.6) is 0 Å². The second-order valence-electron chi connectivity index (χ2n) is 10.5. The molecule has 14 atom stereocenters. The van der Waals surface area contributed by atoms with E-state index in [4.69, 9.17) is 28.1 Å². The molecular weight excluding hydrogens is 724 g/mol. The Hall–Kier alpha value is -2.58. The fourth-order valence-corrected chi connectivity index (χ4v) is 5.23. The fraction of sp³-hybridized carbons (Fsp3) is 0.818. The first-order valence-electron chi connectivity index (χ1n) is 13.6. The van der Waals surface area contributed by atoms with Gasteiger partial charge < -0.3 is 70.1 Å². The first-order valence-corrected chi connectivity index (χ1v) is 16.4. The van der Waals surface area contributed by atoms with Crippen LogP contribution in [0.25, 0.3) is 0 Å².